The second-order valence-corrected chi connectivity index (χ2v) is 9.02. The van der Waals surface area contributed by atoms with Crippen LogP contribution in [-0.4, -0.2) is 46.2 Å². The molecule has 28 heavy (non-hydrogen) atoms. The lowest BCUT2D eigenvalue weighted by molar-refractivity contribution is -0.124. The minimum atomic E-state index is -0.409. The molecule has 1 saturated heterocycles. The number of rotatable bonds is 6. The number of methoxy groups -OCH3 is 1. The van der Waals surface area contributed by atoms with Crippen molar-refractivity contribution in [1.29, 1.82) is 0 Å². The molecule has 6 nitrogen and oxygen atoms in total. The number of amides is 2. The first kappa shape index (κ1) is 22.1. The third-order valence-electron chi connectivity index (χ3n) is 3.80. The maximum absolute atomic E-state index is 12.6. The Hall–Kier alpha value is -2.19. The molecule has 1 aromatic rings. The fraction of sp³-hybridized carbons (Fsp3) is 0.400. The highest BCUT2D eigenvalue weighted by atomic mass is 32.2. The van der Waals surface area contributed by atoms with Crippen LogP contribution in [0.25, 0.3) is 6.08 Å². The number of nitrogens with zero attached hydrogens (tertiary/aromatic N) is 1. The van der Waals surface area contributed by atoms with E-state index in [2.05, 4.69) is 10.1 Å². The summed E-state index contributed by atoms with van der Waals surface area (Å²) in [6.45, 7) is 6.18. The van der Waals surface area contributed by atoms with Gasteiger partial charge >= 0.3 is 5.97 Å². The summed E-state index contributed by atoms with van der Waals surface area (Å²) >= 11 is 6.55. The first-order valence-corrected chi connectivity index (χ1v) is 10.1. The number of nitrogens with one attached hydrogen (secondary N) is 1. The van der Waals surface area contributed by atoms with Gasteiger partial charge in [-0.2, -0.15) is 0 Å². The minimum absolute atomic E-state index is 0.0424. The van der Waals surface area contributed by atoms with E-state index in [-0.39, 0.29) is 17.4 Å². The van der Waals surface area contributed by atoms with Gasteiger partial charge in [0.25, 0.3) is 5.91 Å². The van der Waals surface area contributed by atoms with Crippen molar-refractivity contribution in [3.63, 3.8) is 0 Å². The van der Waals surface area contributed by atoms with E-state index in [0.717, 1.165) is 5.56 Å². The number of ether oxygens (including phenoxy) is 1. The predicted octanol–water partition coefficient (Wildman–Crippen LogP) is 3.37. The van der Waals surface area contributed by atoms with E-state index in [1.54, 1.807) is 30.3 Å². The summed E-state index contributed by atoms with van der Waals surface area (Å²) in [5.74, 6) is -0.615. The number of hydrogen-bond acceptors (Lipinski definition) is 6. The highest BCUT2D eigenvalue weighted by Crippen LogP contribution is 2.32. The van der Waals surface area contributed by atoms with Crippen molar-refractivity contribution in [2.45, 2.75) is 39.2 Å². The molecule has 0 radical (unpaired) electrons. The van der Waals surface area contributed by atoms with Crippen LogP contribution in [0.4, 0.5) is 0 Å². The van der Waals surface area contributed by atoms with Crippen molar-refractivity contribution in [2.75, 3.05) is 13.7 Å². The molecule has 2 rings (SSSR count). The average molecular weight is 421 g/mol. The molecule has 1 N–H and O–H groups in total. The number of carbonyl (C=O) groups is 3. The zero-order valence-electron chi connectivity index (χ0n) is 16.4. The SMILES string of the molecule is COC(=O)c1ccc(C=C2SC(=S)N(CCCC(=O)NC(C)(C)C)C2=O)cc1. The van der Waals surface area contributed by atoms with Gasteiger partial charge in [-0.1, -0.05) is 36.1 Å². The van der Waals surface area contributed by atoms with E-state index < -0.39 is 5.97 Å². The van der Waals surface area contributed by atoms with E-state index in [1.165, 1.54) is 23.8 Å². The van der Waals surface area contributed by atoms with Gasteiger partial charge in [0.15, 0.2) is 0 Å². The van der Waals surface area contributed by atoms with Crippen molar-refractivity contribution < 1.29 is 19.1 Å². The van der Waals surface area contributed by atoms with E-state index in [4.69, 9.17) is 12.2 Å². The number of benzene rings is 1. The molecule has 0 unspecified atom stereocenters. The first-order chi connectivity index (χ1) is 13.1. The monoisotopic (exact) mass is 420 g/mol. The van der Waals surface area contributed by atoms with E-state index in [9.17, 15) is 14.4 Å². The maximum atomic E-state index is 12.6. The van der Waals surface area contributed by atoms with Crippen molar-refractivity contribution >= 4 is 52.2 Å². The molecule has 8 heteroatoms. The molecule has 1 heterocycles. The molecule has 0 bridgehead atoms. The fourth-order valence-corrected chi connectivity index (χ4v) is 3.86. The van der Waals surface area contributed by atoms with Gasteiger partial charge in [-0.3, -0.25) is 14.5 Å². The second-order valence-electron chi connectivity index (χ2n) is 7.35. The lowest BCUT2D eigenvalue weighted by Gasteiger charge is -2.21. The summed E-state index contributed by atoms with van der Waals surface area (Å²) in [4.78, 5) is 38.1. The highest BCUT2D eigenvalue weighted by molar-refractivity contribution is 8.26. The lowest BCUT2D eigenvalue weighted by atomic mass is 10.1. The van der Waals surface area contributed by atoms with E-state index in [1.807, 2.05) is 20.8 Å². The van der Waals surface area contributed by atoms with Gasteiger partial charge < -0.3 is 10.1 Å². The van der Waals surface area contributed by atoms with E-state index in [0.29, 0.717) is 34.2 Å². The number of thioether (sulfide) groups is 1. The highest BCUT2D eigenvalue weighted by Gasteiger charge is 2.31. The molecule has 0 saturated carbocycles. The molecule has 0 atom stereocenters. The largest absolute Gasteiger partial charge is 0.465 e. The van der Waals surface area contributed by atoms with Gasteiger partial charge in [-0.15, -0.1) is 0 Å². The van der Waals surface area contributed by atoms with Crippen LogP contribution >= 0.6 is 24.0 Å². The molecule has 1 aliphatic rings. The fourth-order valence-electron chi connectivity index (χ4n) is 2.56. The molecule has 1 fully saturated rings. The first-order valence-electron chi connectivity index (χ1n) is 8.85. The minimum Gasteiger partial charge on any atom is -0.465 e. The Labute approximate surface area is 174 Å². The number of hydrogen-bond donors (Lipinski definition) is 1. The summed E-state index contributed by atoms with van der Waals surface area (Å²) < 4.78 is 5.16. The normalized spacial score (nSPS) is 15.9. The van der Waals surface area contributed by atoms with Gasteiger partial charge in [0.05, 0.1) is 17.6 Å². The number of thiocarbonyl (C=S) groups is 1. The Morgan fingerprint density at radius 3 is 2.46 bits per heavy atom. The van der Waals surface area contributed by atoms with Crippen molar-refractivity contribution in [3.8, 4) is 0 Å². The van der Waals surface area contributed by atoms with Crippen molar-refractivity contribution in [1.82, 2.24) is 10.2 Å². The van der Waals surface area contributed by atoms with Crippen LogP contribution in [0.3, 0.4) is 0 Å². The Bertz CT molecular complexity index is 810. The number of carbonyl (C=O) groups excluding carboxylic acids is 3. The molecular weight excluding hydrogens is 396 g/mol. The van der Waals surface area contributed by atoms with Crippen LogP contribution in [0, 0.1) is 0 Å². The maximum Gasteiger partial charge on any atom is 0.337 e. The van der Waals surface area contributed by atoms with Gasteiger partial charge in [0.2, 0.25) is 5.91 Å². The summed E-state index contributed by atoms with van der Waals surface area (Å²) in [7, 11) is 1.33. The predicted molar refractivity (Wildman–Crippen MR) is 115 cm³/mol. The second kappa shape index (κ2) is 9.34. The molecule has 0 spiro atoms. The molecule has 1 aromatic carbocycles. The summed E-state index contributed by atoms with van der Waals surface area (Å²) in [5, 5.41) is 2.90. The molecule has 2 amide bonds. The molecular formula is C20H24N2O4S2. The zero-order chi connectivity index (χ0) is 20.9. The lowest BCUT2D eigenvalue weighted by Crippen LogP contribution is -2.40. The van der Waals surface area contributed by atoms with E-state index >= 15 is 0 Å². The van der Waals surface area contributed by atoms with Gasteiger partial charge in [0.1, 0.15) is 4.32 Å². The van der Waals surface area contributed by atoms with Crippen LogP contribution < -0.4 is 5.32 Å². The summed E-state index contributed by atoms with van der Waals surface area (Å²) in [6.07, 6.45) is 2.62. The molecule has 0 aromatic heterocycles. The smallest absolute Gasteiger partial charge is 0.337 e. The number of esters is 1. The van der Waals surface area contributed by atoms with Crippen molar-refractivity contribution in [3.05, 3.63) is 40.3 Å². The van der Waals surface area contributed by atoms with Gasteiger partial charge in [0, 0.05) is 18.5 Å². The third kappa shape index (κ3) is 6.17. The molecule has 1 aliphatic heterocycles. The Morgan fingerprint density at radius 1 is 1.25 bits per heavy atom. The van der Waals surface area contributed by atoms with Crippen LogP contribution in [0.5, 0.6) is 0 Å². The van der Waals surface area contributed by atoms with Crippen LogP contribution in [0.1, 0.15) is 49.5 Å². The Morgan fingerprint density at radius 2 is 1.89 bits per heavy atom. The topological polar surface area (TPSA) is 75.7 Å². The quantitative estimate of drug-likeness (QED) is 0.432. The van der Waals surface area contributed by atoms with Crippen LogP contribution in [0.2, 0.25) is 0 Å². The van der Waals surface area contributed by atoms with Crippen molar-refractivity contribution in [2.24, 2.45) is 0 Å². The van der Waals surface area contributed by atoms with Gasteiger partial charge in [-0.05, 0) is 51.0 Å². The average Bonchev–Trinajstić information content (AvgIpc) is 2.87. The summed E-state index contributed by atoms with van der Waals surface area (Å²) in [6, 6.07) is 6.78. The van der Waals surface area contributed by atoms with Crippen LogP contribution in [-0.2, 0) is 14.3 Å². The summed E-state index contributed by atoms with van der Waals surface area (Å²) in [5.41, 5.74) is 0.962. The standard InChI is InChI=1S/C20H24N2O4S2/c1-20(2,3)21-16(23)6-5-11-22-17(24)15(28-19(22)27)12-13-7-9-14(10-8-13)18(25)26-4/h7-10,12H,5-6,11H2,1-4H3,(H,21,23). The van der Waals surface area contributed by atoms with Crippen LogP contribution in [0.15, 0.2) is 29.2 Å². The Kier molecular flexibility index (Phi) is 7.37. The van der Waals surface area contributed by atoms with Gasteiger partial charge in [-0.25, -0.2) is 4.79 Å². The molecule has 0 aliphatic carbocycles. The third-order valence-corrected chi connectivity index (χ3v) is 5.18. The zero-order valence-corrected chi connectivity index (χ0v) is 18.0. The molecule has 150 valence electrons. The Balaban J connectivity index is 1.96.